The first kappa shape index (κ1) is 14.7. The number of amides is 1. The molecular formula is C16H20N2OS2. The van der Waals surface area contributed by atoms with Gasteiger partial charge in [-0.1, -0.05) is 31.7 Å². The molecule has 5 heteroatoms. The number of nitrogens with one attached hydrogen (secondary N) is 1. The van der Waals surface area contributed by atoms with Crippen LogP contribution in [-0.2, 0) is 11.2 Å². The summed E-state index contributed by atoms with van der Waals surface area (Å²) in [5, 5.41) is 8.25. The van der Waals surface area contributed by atoms with E-state index in [2.05, 4.69) is 21.7 Å². The lowest BCUT2D eigenvalue weighted by Gasteiger charge is -2.15. The Kier molecular flexibility index (Phi) is 5.04. The van der Waals surface area contributed by atoms with Crippen LogP contribution in [0.2, 0.25) is 0 Å². The standard InChI is InChI=1S/C16H20N2OS2/c19-15(17-12-6-3-1-2-4-7-12)10-13-11-21-16(18-13)14-8-5-9-20-14/h5,8-9,11-12H,1-4,6-7,10H2,(H,17,19). The van der Waals surface area contributed by atoms with Gasteiger partial charge in [0, 0.05) is 11.4 Å². The molecule has 112 valence electrons. The molecular weight excluding hydrogens is 300 g/mol. The van der Waals surface area contributed by atoms with Gasteiger partial charge >= 0.3 is 0 Å². The molecule has 0 unspecified atom stereocenters. The van der Waals surface area contributed by atoms with Gasteiger partial charge in [-0.05, 0) is 24.3 Å². The number of hydrogen-bond donors (Lipinski definition) is 1. The van der Waals surface area contributed by atoms with E-state index in [1.165, 1.54) is 30.6 Å². The number of rotatable bonds is 4. The lowest BCUT2D eigenvalue weighted by molar-refractivity contribution is -0.121. The van der Waals surface area contributed by atoms with E-state index >= 15 is 0 Å². The van der Waals surface area contributed by atoms with Gasteiger partial charge in [0.1, 0.15) is 5.01 Å². The van der Waals surface area contributed by atoms with Crippen LogP contribution in [0.25, 0.3) is 9.88 Å². The first-order valence-corrected chi connectivity index (χ1v) is 9.35. The van der Waals surface area contributed by atoms with E-state index < -0.39 is 0 Å². The van der Waals surface area contributed by atoms with Crippen LogP contribution in [0.4, 0.5) is 0 Å². The maximum Gasteiger partial charge on any atom is 0.226 e. The molecule has 0 radical (unpaired) electrons. The van der Waals surface area contributed by atoms with Gasteiger partial charge in [0.05, 0.1) is 17.0 Å². The van der Waals surface area contributed by atoms with E-state index in [0.717, 1.165) is 23.5 Å². The minimum absolute atomic E-state index is 0.116. The number of carbonyl (C=O) groups excluding carboxylic acids is 1. The monoisotopic (exact) mass is 320 g/mol. The molecule has 0 aliphatic heterocycles. The number of nitrogens with zero attached hydrogens (tertiary/aromatic N) is 1. The molecule has 2 aromatic rings. The van der Waals surface area contributed by atoms with Crippen molar-refractivity contribution in [2.75, 3.05) is 0 Å². The molecule has 21 heavy (non-hydrogen) atoms. The van der Waals surface area contributed by atoms with Crippen molar-refractivity contribution in [2.24, 2.45) is 0 Å². The van der Waals surface area contributed by atoms with Gasteiger partial charge in [-0.25, -0.2) is 4.98 Å². The molecule has 1 N–H and O–H groups in total. The van der Waals surface area contributed by atoms with E-state index in [0.29, 0.717) is 12.5 Å². The van der Waals surface area contributed by atoms with Crippen molar-refractivity contribution in [2.45, 2.75) is 51.0 Å². The highest BCUT2D eigenvalue weighted by Crippen LogP contribution is 2.27. The fraction of sp³-hybridized carbons (Fsp3) is 0.500. The zero-order valence-electron chi connectivity index (χ0n) is 12.0. The summed E-state index contributed by atoms with van der Waals surface area (Å²) >= 11 is 3.30. The molecule has 3 nitrogen and oxygen atoms in total. The second kappa shape index (κ2) is 7.18. The molecule has 1 amide bonds. The van der Waals surface area contributed by atoms with Crippen molar-refractivity contribution in [3.05, 3.63) is 28.6 Å². The predicted octanol–water partition coefficient (Wildman–Crippen LogP) is 4.25. The van der Waals surface area contributed by atoms with Crippen molar-refractivity contribution in [3.8, 4) is 9.88 Å². The normalized spacial score (nSPS) is 16.6. The van der Waals surface area contributed by atoms with E-state index in [1.807, 2.05) is 11.4 Å². The average Bonchev–Trinajstić information content (AvgIpc) is 3.07. The first-order chi connectivity index (χ1) is 10.3. The maximum absolute atomic E-state index is 12.1. The number of carbonyl (C=O) groups is 1. The Hall–Kier alpha value is -1.20. The Balaban J connectivity index is 1.55. The predicted molar refractivity (Wildman–Crippen MR) is 88.8 cm³/mol. The van der Waals surface area contributed by atoms with Gasteiger partial charge in [0.25, 0.3) is 0 Å². The third-order valence-corrected chi connectivity index (χ3v) is 5.78. The SMILES string of the molecule is O=C(Cc1csc(-c2cccs2)n1)NC1CCCCCC1. The van der Waals surface area contributed by atoms with E-state index in [4.69, 9.17) is 0 Å². The van der Waals surface area contributed by atoms with Crippen LogP contribution in [0.1, 0.15) is 44.2 Å². The molecule has 1 aliphatic carbocycles. The molecule has 0 aromatic carbocycles. The van der Waals surface area contributed by atoms with Gasteiger partial charge in [0.15, 0.2) is 0 Å². The number of thiophene rings is 1. The molecule has 3 rings (SSSR count). The van der Waals surface area contributed by atoms with Crippen LogP contribution in [0.3, 0.4) is 0 Å². The summed E-state index contributed by atoms with van der Waals surface area (Å²) in [4.78, 5) is 17.9. The zero-order valence-corrected chi connectivity index (χ0v) is 13.6. The quantitative estimate of drug-likeness (QED) is 0.856. The van der Waals surface area contributed by atoms with Crippen molar-refractivity contribution in [1.82, 2.24) is 10.3 Å². The molecule has 0 saturated heterocycles. The fourth-order valence-electron chi connectivity index (χ4n) is 2.77. The van der Waals surface area contributed by atoms with Crippen LogP contribution in [0, 0.1) is 0 Å². The Morgan fingerprint density at radius 2 is 2.05 bits per heavy atom. The van der Waals surface area contributed by atoms with Crippen LogP contribution in [-0.4, -0.2) is 16.9 Å². The van der Waals surface area contributed by atoms with Gasteiger partial charge < -0.3 is 5.32 Å². The molecule has 2 heterocycles. The maximum atomic E-state index is 12.1. The van der Waals surface area contributed by atoms with Crippen molar-refractivity contribution in [3.63, 3.8) is 0 Å². The minimum atomic E-state index is 0.116. The smallest absolute Gasteiger partial charge is 0.226 e. The molecule has 0 spiro atoms. The van der Waals surface area contributed by atoms with Crippen LogP contribution < -0.4 is 5.32 Å². The Labute approximate surface area is 133 Å². The summed E-state index contributed by atoms with van der Waals surface area (Å²) < 4.78 is 0. The van der Waals surface area contributed by atoms with Crippen LogP contribution >= 0.6 is 22.7 Å². The van der Waals surface area contributed by atoms with Crippen LogP contribution in [0.5, 0.6) is 0 Å². The highest BCUT2D eigenvalue weighted by atomic mass is 32.1. The van der Waals surface area contributed by atoms with Crippen molar-refractivity contribution < 1.29 is 4.79 Å². The molecule has 2 aromatic heterocycles. The lowest BCUT2D eigenvalue weighted by Crippen LogP contribution is -2.35. The Bertz CT molecular complexity index is 569. The third kappa shape index (κ3) is 4.14. The average molecular weight is 320 g/mol. The van der Waals surface area contributed by atoms with Crippen molar-refractivity contribution >= 4 is 28.6 Å². The van der Waals surface area contributed by atoms with Gasteiger partial charge in [-0.2, -0.15) is 0 Å². The summed E-state index contributed by atoms with van der Waals surface area (Å²) in [6, 6.07) is 4.47. The fourth-order valence-corrected chi connectivity index (χ4v) is 4.40. The molecule has 0 atom stereocenters. The molecule has 1 saturated carbocycles. The Morgan fingerprint density at radius 1 is 1.24 bits per heavy atom. The first-order valence-electron chi connectivity index (χ1n) is 7.59. The molecule has 1 aliphatic rings. The van der Waals surface area contributed by atoms with Gasteiger partial charge in [-0.3, -0.25) is 4.79 Å². The summed E-state index contributed by atoms with van der Waals surface area (Å²) in [6.07, 6.45) is 7.75. The summed E-state index contributed by atoms with van der Waals surface area (Å²) in [5.41, 5.74) is 0.884. The minimum Gasteiger partial charge on any atom is -0.353 e. The second-order valence-corrected chi connectivity index (χ2v) is 7.36. The number of thiazole rings is 1. The number of aromatic nitrogens is 1. The second-order valence-electron chi connectivity index (χ2n) is 5.55. The topological polar surface area (TPSA) is 42.0 Å². The van der Waals surface area contributed by atoms with Gasteiger partial charge in [0.2, 0.25) is 5.91 Å². The largest absolute Gasteiger partial charge is 0.353 e. The summed E-state index contributed by atoms with van der Waals surface area (Å²) in [6.45, 7) is 0. The van der Waals surface area contributed by atoms with Crippen molar-refractivity contribution in [1.29, 1.82) is 0 Å². The summed E-state index contributed by atoms with van der Waals surface area (Å²) in [5.74, 6) is 0.116. The van der Waals surface area contributed by atoms with E-state index in [1.54, 1.807) is 22.7 Å². The molecule has 1 fully saturated rings. The molecule has 0 bridgehead atoms. The summed E-state index contributed by atoms with van der Waals surface area (Å²) in [7, 11) is 0. The Morgan fingerprint density at radius 3 is 2.76 bits per heavy atom. The van der Waals surface area contributed by atoms with Gasteiger partial charge in [-0.15, -0.1) is 22.7 Å². The number of hydrogen-bond acceptors (Lipinski definition) is 4. The third-order valence-electron chi connectivity index (χ3n) is 3.85. The highest BCUT2D eigenvalue weighted by molar-refractivity contribution is 7.20. The van der Waals surface area contributed by atoms with E-state index in [-0.39, 0.29) is 5.91 Å². The van der Waals surface area contributed by atoms with Crippen LogP contribution in [0.15, 0.2) is 22.9 Å². The zero-order chi connectivity index (χ0) is 14.5. The van der Waals surface area contributed by atoms with E-state index in [9.17, 15) is 4.79 Å². The highest BCUT2D eigenvalue weighted by Gasteiger charge is 2.16. The lowest BCUT2D eigenvalue weighted by atomic mass is 10.1.